The van der Waals surface area contributed by atoms with E-state index >= 15 is 0 Å². The number of hydrogen-bond donors (Lipinski definition) is 1. The second-order valence-corrected chi connectivity index (χ2v) is 4.27. The van der Waals surface area contributed by atoms with Crippen LogP contribution < -0.4 is 14.8 Å². The number of amidine groups is 1. The fourth-order valence-electron chi connectivity index (χ4n) is 2.04. The minimum Gasteiger partial charge on any atom is -0.493 e. The quantitative estimate of drug-likeness (QED) is 0.924. The van der Waals surface area contributed by atoms with Gasteiger partial charge in [0.2, 0.25) is 5.88 Å². The topological polar surface area (TPSA) is 55.7 Å². The number of para-hydroxylation sites is 2. The van der Waals surface area contributed by atoms with Gasteiger partial charge in [-0.25, -0.2) is 4.98 Å². The minimum absolute atomic E-state index is 0.519. The maximum atomic E-state index is 5.89. The Morgan fingerprint density at radius 2 is 1.95 bits per heavy atom. The maximum Gasteiger partial charge on any atom is 0.230 e. The zero-order valence-corrected chi connectivity index (χ0v) is 11.2. The minimum atomic E-state index is 0.519. The average molecular weight is 269 g/mol. The number of nitrogens with one attached hydrogen (secondary N) is 1. The molecule has 2 aromatic rings. The molecule has 0 amide bonds. The van der Waals surface area contributed by atoms with Crippen LogP contribution >= 0.6 is 0 Å². The van der Waals surface area contributed by atoms with Gasteiger partial charge in [-0.2, -0.15) is 0 Å². The van der Waals surface area contributed by atoms with Crippen LogP contribution in [0.5, 0.6) is 17.4 Å². The van der Waals surface area contributed by atoms with Crippen molar-refractivity contribution in [3.8, 4) is 17.4 Å². The molecule has 0 atom stereocenters. The Morgan fingerprint density at radius 1 is 1.10 bits per heavy atom. The lowest BCUT2D eigenvalue weighted by Crippen LogP contribution is -2.20. The Balaban J connectivity index is 1.95. The molecule has 2 heterocycles. The molecule has 0 fully saturated rings. The Morgan fingerprint density at radius 3 is 2.70 bits per heavy atom. The molecule has 5 heteroatoms. The first-order valence-corrected chi connectivity index (χ1v) is 6.43. The molecule has 0 radical (unpaired) electrons. The number of nitrogens with zero attached hydrogens (tertiary/aromatic N) is 2. The van der Waals surface area contributed by atoms with Crippen LogP contribution in [0.4, 0.5) is 0 Å². The number of methoxy groups -OCH3 is 1. The summed E-state index contributed by atoms with van der Waals surface area (Å²) in [7, 11) is 1.62. The maximum absolute atomic E-state index is 5.89. The van der Waals surface area contributed by atoms with E-state index in [1.807, 2.05) is 36.4 Å². The lowest BCUT2D eigenvalue weighted by atomic mass is 10.2. The molecule has 3 rings (SSSR count). The largest absolute Gasteiger partial charge is 0.493 e. The van der Waals surface area contributed by atoms with Gasteiger partial charge in [-0.3, -0.25) is 4.99 Å². The van der Waals surface area contributed by atoms with Gasteiger partial charge in [0.15, 0.2) is 11.5 Å². The zero-order chi connectivity index (χ0) is 13.8. The second-order valence-electron chi connectivity index (χ2n) is 4.27. The molecule has 0 bridgehead atoms. The van der Waals surface area contributed by atoms with Crippen molar-refractivity contribution in [1.29, 1.82) is 0 Å². The summed E-state index contributed by atoms with van der Waals surface area (Å²) in [6, 6.07) is 11.3. The van der Waals surface area contributed by atoms with Crippen molar-refractivity contribution in [3.63, 3.8) is 0 Å². The van der Waals surface area contributed by atoms with Crippen LogP contribution in [0.25, 0.3) is 0 Å². The summed E-state index contributed by atoms with van der Waals surface area (Å²) in [6.45, 7) is 1.62. The molecule has 1 aliphatic heterocycles. The predicted octanol–water partition coefficient (Wildman–Crippen LogP) is 2.23. The van der Waals surface area contributed by atoms with Crippen LogP contribution in [0.3, 0.4) is 0 Å². The lowest BCUT2D eigenvalue weighted by molar-refractivity contribution is 0.374. The fraction of sp³-hybridized carbons (Fsp3) is 0.200. The zero-order valence-electron chi connectivity index (χ0n) is 11.2. The third-order valence-electron chi connectivity index (χ3n) is 2.98. The number of ether oxygens (including phenoxy) is 2. The highest BCUT2D eigenvalue weighted by Crippen LogP contribution is 2.31. The van der Waals surface area contributed by atoms with Gasteiger partial charge in [-0.05, 0) is 24.3 Å². The van der Waals surface area contributed by atoms with Gasteiger partial charge in [0, 0.05) is 12.7 Å². The molecule has 0 saturated heterocycles. The molecular weight excluding hydrogens is 254 g/mol. The highest BCUT2D eigenvalue weighted by Gasteiger charge is 2.16. The summed E-state index contributed by atoms with van der Waals surface area (Å²) in [5, 5.41) is 3.23. The van der Waals surface area contributed by atoms with E-state index in [2.05, 4.69) is 15.3 Å². The van der Waals surface area contributed by atoms with Gasteiger partial charge >= 0.3 is 0 Å². The first kappa shape index (κ1) is 12.5. The van der Waals surface area contributed by atoms with Crippen molar-refractivity contribution in [2.24, 2.45) is 4.99 Å². The van der Waals surface area contributed by atoms with Gasteiger partial charge < -0.3 is 14.8 Å². The summed E-state index contributed by atoms with van der Waals surface area (Å²) in [5.41, 5.74) is 0.857. The van der Waals surface area contributed by atoms with Crippen molar-refractivity contribution in [2.75, 3.05) is 20.2 Å². The normalized spacial score (nSPS) is 13.6. The standard InChI is InChI=1S/C15H15N3O2/c1-19-12-6-2-3-7-13(12)20-15-11(5-4-8-18-15)14-16-9-10-17-14/h2-8H,9-10H2,1H3,(H,16,17). The van der Waals surface area contributed by atoms with Crippen molar-refractivity contribution in [2.45, 2.75) is 0 Å². The van der Waals surface area contributed by atoms with Crippen LogP contribution in [0.1, 0.15) is 5.56 Å². The summed E-state index contributed by atoms with van der Waals surface area (Å²) >= 11 is 0. The van der Waals surface area contributed by atoms with Crippen LogP contribution in [-0.2, 0) is 0 Å². The number of aromatic nitrogens is 1. The first-order valence-electron chi connectivity index (χ1n) is 6.43. The van der Waals surface area contributed by atoms with Crippen LogP contribution in [0.2, 0.25) is 0 Å². The van der Waals surface area contributed by atoms with E-state index in [1.165, 1.54) is 0 Å². The highest BCUT2D eigenvalue weighted by molar-refractivity contribution is 6.01. The SMILES string of the molecule is COc1ccccc1Oc1ncccc1C1=NCCN1. The second kappa shape index (κ2) is 5.61. The van der Waals surface area contributed by atoms with Gasteiger partial charge in [-0.1, -0.05) is 12.1 Å². The van der Waals surface area contributed by atoms with E-state index in [1.54, 1.807) is 13.3 Å². The highest BCUT2D eigenvalue weighted by atomic mass is 16.5. The van der Waals surface area contributed by atoms with Gasteiger partial charge in [0.05, 0.1) is 19.2 Å². The van der Waals surface area contributed by atoms with Crippen molar-refractivity contribution >= 4 is 5.84 Å². The molecule has 102 valence electrons. The van der Waals surface area contributed by atoms with Gasteiger partial charge in [0.1, 0.15) is 5.84 Å². The monoisotopic (exact) mass is 269 g/mol. The van der Waals surface area contributed by atoms with E-state index in [9.17, 15) is 0 Å². The molecule has 20 heavy (non-hydrogen) atoms. The smallest absolute Gasteiger partial charge is 0.230 e. The summed E-state index contributed by atoms with van der Waals surface area (Å²) < 4.78 is 11.2. The summed E-state index contributed by atoms with van der Waals surface area (Å²) in [6.07, 6.45) is 1.70. The summed E-state index contributed by atoms with van der Waals surface area (Å²) in [5.74, 6) is 2.65. The fourth-order valence-corrected chi connectivity index (χ4v) is 2.04. The van der Waals surface area contributed by atoms with Crippen LogP contribution in [-0.4, -0.2) is 31.0 Å². The van der Waals surface area contributed by atoms with E-state index in [4.69, 9.17) is 9.47 Å². The molecule has 0 spiro atoms. The Labute approximate surface area is 117 Å². The average Bonchev–Trinajstić information content (AvgIpc) is 3.02. The Hall–Kier alpha value is -2.56. The van der Waals surface area contributed by atoms with E-state index in [0.717, 1.165) is 24.5 Å². The molecule has 0 aliphatic carbocycles. The summed E-state index contributed by atoms with van der Waals surface area (Å²) in [4.78, 5) is 8.70. The van der Waals surface area contributed by atoms with E-state index < -0.39 is 0 Å². The lowest BCUT2D eigenvalue weighted by Gasteiger charge is -2.12. The predicted molar refractivity (Wildman–Crippen MR) is 76.7 cm³/mol. The van der Waals surface area contributed by atoms with Gasteiger partial charge in [0.25, 0.3) is 0 Å². The first-order chi connectivity index (χ1) is 9.88. The molecule has 1 aromatic carbocycles. The molecular formula is C15H15N3O2. The third kappa shape index (κ3) is 2.42. The van der Waals surface area contributed by atoms with Crippen LogP contribution in [0.15, 0.2) is 47.6 Å². The Kier molecular flexibility index (Phi) is 3.50. The van der Waals surface area contributed by atoms with Crippen molar-refractivity contribution < 1.29 is 9.47 Å². The molecule has 1 N–H and O–H groups in total. The van der Waals surface area contributed by atoms with E-state index in [-0.39, 0.29) is 0 Å². The van der Waals surface area contributed by atoms with Gasteiger partial charge in [-0.15, -0.1) is 0 Å². The molecule has 5 nitrogen and oxygen atoms in total. The number of pyridine rings is 1. The van der Waals surface area contributed by atoms with E-state index in [0.29, 0.717) is 17.4 Å². The Bertz CT molecular complexity index is 641. The third-order valence-corrected chi connectivity index (χ3v) is 2.98. The number of benzene rings is 1. The molecule has 0 unspecified atom stereocenters. The van der Waals surface area contributed by atoms with Crippen molar-refractivity contribution in [1.82, 2.24) is 10.3 Å². The van der Waals surface area contributed by atoms with Crippen LogP contribution in [0, 0.1) is 0 Å². The number of aliphatic imine (C=N–C) groups is 1. The molecule has 0 saturated carbocycles. The number of rotatable bonds is 4. The molecule has 1 aromatic heterocycles. The molecule has 1 aliphatic rings. The van der Waals surface area contributed by atoms with Crippen molar-refractivity contribution in [3.05, 3.63) is 48.2 Å². The number of hydrogen-bond acceptors (Lipinski definition) is 5.